The standard InChI is InChI=1S/C13H16BrNO2/c1-8(15(17)9(2)16)12-7-13(12)10-3-5-11(14)6-4-10/h3-6,8,12-13,17H,7H2,1-2H3/t8?,12-,13-/m0/s1. The van der Waals surface area contributed by atoms with Crippen LogP contribution in [0.2, 0.25) is 0 Å². The molecule has 17 heavy (non-hydrogen) atoms. The average Bonchev–Trinajstić information content (AvgIpc) is 3.08. The molecule has 1 saturated carbocycles. The summed E-state index contributed by atoms with van der Waals surface area (Å²) in [5.41, 5.74) is 1.28. The highest BCUT2D eigenvalue weighted by Gasteiger charge is 2.44. The van der Waals surface area contributed by atoms with E-state index in [0.29, 0.717) is 11.8 Å². The maximum absolute atomic E-state index is 11.1. The molecule has 2 rings (SSSR count). The zero-order valence-corrected chi connectivity index (χ0v) is 11.5. The molecule has 3 atom stereocenters. The molecule has 4 heteroatoms. The number of nitrogens with zero attached hydrogens (tertiary/aromatic N) is 1. The van der Waals surface area contributed by atoms with Gasteiger partial charge in [0.15, 0.2) is 0 Å². The van der Waals surface area contributed by atoms with Crippen LogP contribution in [0, 0.1) is 5.92 Å². The lowest BCUT2D eigenvalue weighted by molar-refractivity contribution is -0.173. The molecule has 0 heterocycles. The molecule has 1 aliphatic rings. The first-order valence-corrected chi connectivity index (χ1v) is 6.54. The maximum Gasteiger partial charge on any atom is 0.243 e. The van der Waals surface area contributed by atoms with Gasteiger partial charge in [0.25, 0.3) is 0 Å². The molecule has 0 aliphatic heterocycles. The number of benzene rings is 1. The summed E-state index contributed by atoms with van der Waals surface area (Å²) < 4.78 is 1.07. The summed E-state index contributed by atoms with van der Waals surface area (Å²) in [6.45, 7) is 3.28. The normalized spacial score (nSPS) is 24.2. The first-order valence-electron chi connectivity index (χ1n) is 5.75. The monoisotopic (exact) mass is 297 g/mol. The van der Waals surface area contributed by atoms with Crippen LogP contribution in [0.15, 0.2) is 28.7 Å². The Morgan fingerprint density at radius 3 is 2.59 bits per heavy atom. The van der Waals surface area contributed by atoms with Crippen LogP contribution < -0.4 is 0 Å². The van der Waals surface area contributed by atoms with Crippen molar-refractivity contribution in [3.8, 4) is 0 Å². The zero-order valence-electron chi connectivity index (χ0n) is 9.93. The van der Waals surface area contributed by atoms with E-state index in [0.717, 1.165) is 16.0 Å². The van der Waals surface area contributed by atoms with Crippen LogP contribution in [-0.2, 0) is 4.79 Å². The molecule has 1 aliphatic carbocycles. The van der Waals surface area contributed by atoms with E-state index >= 15 is 0 Å². The van der Waals surface area contributed by atoms with Gasteiger partial charge in [0, 0.05) is 11.4 Å². The number of amides is 1. The first kappa shape index (κ1) is 12.6. The molecule has 92 valence electrons. The number of hydroxylamine groups is 2. The average molecular weight is 298 g/mol. The molecule has 1 N–H and O–H groups in total. The molecule has 0 aromatic heterocycles. The predicted octanol–water partition coefficient (Wildman–Crippen LogP) is 3.18. The van der Waals surface area contributed by atoms with Gasteiger partial charge in [-0.05, 0) is 42.9 Å². The van der Waals surface area contributed by atoms with Gasteiger partial charge in [0.1, 0.15) is 0 Å². The Hall–Kier alpha value is -0.870. The lowest BCUT2D eigenvalue weighted by atomic mass is 10.1. The Balaban J connectivity index is 2.00. The van der Waals surface area contributed by atoms with Gasteiger partial charge in [-0.2, -0.15) is 0 Å². The Morgan fingerprint density at radius 1 is 1.47 bits per heavy atom. The highest BCUT2D eigenvalue weighted by atomic mass is 79.9. The molecule has 0 radical (unpaired) electrons. The van der Waals surface area contributed by atoms with Gasteiger partial charge >= 0.3 is 0 Å². The fourth-order valence-electron chi connectivity index (χ4n) is 2.31. The van der Waals surface area contributed by atoms with Gasteiger partial charge in [-0.1, -0.05) is 28.1 Å². The molecule has 1 fully saturated rings. The zero-order chi connectivity index (χ0) is 12.6. The number of carbonyl (C=O) groups is 1. The van der Waals surface area contributed by atoms with Gasteiger partial charge in [0.2, 0.25) is 5.91 Å². The van der Waals surface area contributed by atoms with E-state index in [9.17, 15) is 10.0 Å². The molecule has 3 nitrogen and oxygen atoms in total. The van der Waals surface area contributed by atoms with Crippen molar-refractivity contribution >= 4 is 21.8 Å². The molecule has 1 aromatic carbocycles. The Labute approximate surface area is 110 Å². The second-order valence-electron chi connectivity index (χ2n) is 4.66. The van der Waals surface area contributed by atoms with Crippen molar-refractivity contribution in [1.29, 1.82) is 0 Å². The lowest BCUT2D eigenvalue weighted by Gasteiger charge is -2.21. The summed E-state index contributed by atoms with van der Waals surface area (Å²) in [6.07, 6.45) is 1.03. The van der Waals surface area contributed by atoms with Crippen LogP contribution in [0.25, 0.3) is 0 Å². The first-order chi connectivity index (χ1) is 8.00. The molecule has 1 amide bonds. The lowest BCUT2D eigenvalue weighted by Crippen LogP contribution is -2.35. The van der Waals surface area contributed by atoms with Crippen molar-refractivity contribution in [2.75, 3.05) is 0 Å². The predicted molar refractivity (Wildman–Crippen MR) is 68.8 cm³/mol. The maximum atomic E-state index is 11.1. The number of hydrogen-bond donors (Lipinski definition) is 1. The van der Waals surface area contributed by atoms with Crippen molar-refractivity contribution in [2.24, 2.45) is 5.92 Å². The highest BCUT2D eigenvalue weighted by Crippen LogP contribution is 2.50. The SMILES string of the molecule is CC(=O)N(O)C(C)[C@@H]1C[C@H]1c1ccc(Br)cc1. The van der Waals surface area contributed by atoms with Crippen LogP contribution >= 0.6 is 15.9 Å². The Bertz CT molecular complexity index is 418. The summed E-state index contributed by atoms with van der Waals surface area (Å²) in [6, 6.07) is 8.13. The molecule has 1 aromatic rings. The molecular weight excluding hydrogens is 282 g/mol. The van der Waals surface area contributed by atoms with E-state index < -0.39 is 0 Å². The summed E-state index contributed by atoms with van der Waals surface area (Å²) in [4.78, 5) is 11.1. The molecule has 0 bridgehead atoms. The summed E-state index contributed by atoms with van der Waals surface area (Å²) in [5, 5.41) is 10.4. The highest BCUT2D eigenvalue weighted by molar-refractivity contribution is 9.10. The second-order valence-corrected chi connectivity index (χ2v) is 5.58. The molecular formula is C13H16BrNO2. The van der Waals surface area contributed by atoms with Crippen LogP contribution in [0.5, 0.6) is 0 Å². The Kier molecular flexibility index (Phi) is 3.54. The van der Waals surface area contributed by atoms with Crippen LogP contribution in [0.4, 0.5) is 0 Å². The van der Waals surface area contributed by atoms with Crippen LogP contribution in [0.3, 0.4) is 0 Å². The van der Waals surface area contributed by atoms with Gasteiger partial charge in [-0.3, -0.25) is 10.0 Å². The number of rotatable bonds is 3. The van der Waals surface area contributed by atoms with Crippen molar-refractivity contribution in [1.82, 2.24) is 5.06 Å². The second kappa shape index (κ2) is 4.78. The minimum Gasteiger partial charge on any atom is -0.286 e. The number of hydrogen-bond acceptors (Lipinski definition) is 2. The van der Waals surface area contributed by atoms with Gasteiger partial charge < -0.3 is 0 Å². The smallest absolute Gasteiger partial charge is 0.243 e. The van der Waals surface area contributed by atoms with E-state index in [1.54, 1.807) is 0 Å². The molecule has 1 unspecified atom stereocenters. The van der Waals surface area contributed by atoms with Crippen molar-refractivity contribution in [3.05, 3.63) is 34.3 Å². The number of halogens is 1. The number of carbonyl (C=O) groups excluding carboxylic acids is 1. The van der Waals surface area contributed by atoms with E-state index in [2.05, 4.69) is 28.1 Å². The summed E-state index contributed by atoms with van der Waals surface area (Å²) >= 11 is 3.41. The quantitative estimate of drug-likeness (QED) is 0.688. The third kappa shape index (κ3) is 2.69. The van der Waals surface area contributed by atoms with Crippen LogP contribution in [0.1, 0.15) is 31.7 Å². The largest absolute Gasteiger partial charge is 0.286 e. The minimum atomic E-state index is -0.293. The Morgan fingerprint density at radius 2 is 2.06 bits per heavy atom. The van der Waals surface area contributed by atoms with Crippen molar-refractivity contribution in [3.63, 3.8) is 0 Å². The fraction of sp³-hybridized carbons (Fsp3) is 0.462. The summed E-state index contributed by atoms with van der Waals surface area (Å²) in [5.74, 6) is 0.538. The fourth-order valence-corrected chi connectivity index (χ4v) is 2.57. The van der Waals surface area contributed by atoms with Crippen LogP contribution in [-0.4, -0.2) is 22.2 Å². The van der Waals surface area contributed by atoms with E-state index in [1.807, 2.05) is 19.1 Å². The third-order valence-corrected chi connectivity index (χ3v) is 3.99. The third-order valence-electron chi connectivity index (χ3n) is 3.47. The van der Waals surface area contributed by atoms with Crippen molar-refractivity contribution < 1.29 is 10.0 Å². The van der Waals surface area contributed by atoms with E-state index in [-0.39, 0.29) is 11.9 Å². The van der Waals surface area contributed by atoms with Gasteiger partial charge in [-0.25, -0.2) is 5.06 Å². The minimum absolute atomic E-state index is 0.110. The van der Waals surface area contributed by atoms with Gasteiger partial charge in [0.05, 0.1) is 6.04 Å². The van der Waals surface area contributed by atoms with Gasteiger partial charge in [-0.15, -0.1) is 0 Å². The van der Waals surface area contributed by atoms with Crippen molar-refractivity contribution in [2.45, 2.75) is 32.2 Å². The molecule has 0 spiro atoms. The summed E-state index contributed by atoms with van der Waals surface area (Å²) in [7, 11) is 0. The van der Waals surface area contributed by atoms with E-state index in [4.69, 9.17) is 0 Å². The van der Waals surface area contributed by atoms with E-state index in [1.165, 1.54) is 12.5 Å². The molecule has 0 saturated heterocycles. The topological polar surface area (TPSA) is 40.5 Å².